The van der Waals surface area contributed by atoms with Crippen molar-refractivity contribution in [2.24, 2.45) is 0 Å². The van der Waals surface area contributed by atoms with Crippen LogP contribution in [0.2, 0.25) is 0 Å². The first-order valence-corrected chi connectivity index (χ1v) is 7.58. The molecule has 0 bridgehead atoms. The Morgan fingerprint density at radius 3 is 2.39 bits per heavy atom. The predicted molar refractivity (Wildman–Crippen MR) is 86.4 cm³/mol. The number of hydrogen-bond acceptors (Lipinski definition) is 2. The van der Waals surface area contributed by atoms with Gasteiger partial charge in [-0.25, -0.2) is 0 Å². The molecule has 23 heavy (non-hydrogen) atoms. The summed E-state index contributed by atoms with van der Waals surface area (Å²) in [6.07, 6.45) is -4.43. The molecule has 0 aliphatic carbocycles. The maximum atomic E-state index is 13.0. The predicted octanol–water partition coefficient (Wildman–Crippen LogP) is 5.47. The summed E-state index contributed by atoms with van der Waals surface area (Å²) in [5.41, 5.74) is 0.953. The summed E-state index contributed by atoms with van der Waals surface area (Å²) < 4.78 is 49.3. The monoisotopic (exact) mass is 386 g/mol. The molecule has 122 valence electrons. The molecule has 0 spiro atoms. The molecule has 0 radical (unpaired) electrons. The van der Waals surface area contributed by atoms with Gasteiger partial charge in [0.15, 0.2) is 6.79 Å². The van der Waals surface area contributed by atoms with E-state index in [2.05, 4.69) is 15.9 Å². The second-order valence-electron chi connectivity index (χ2n) is 4.65. The van der Waals surface area contributed by atoms with Gasteiger partial charge >= 0.3 is 6.18 Å². The van der Waals surface area contributed by atoms with Gasteiger partial charge in [-0.15, -0.1) is 0 Å². The lowest BCUT2D eigenvalue weighted by atomic mass is 9.97. The van der Waals surface area contributed by atoms with Crippen molar-refractivity contribution in [1.29, 1.82) is 0 Å². The average molecular weight is 387 g/mol. The Labute approximate surface area is 140 Å². The van der Waals surface area contributed by atoms with Crippen LogP contribution in [0.25, 0.3) is 5.57 Å². The molecule has 2 rings (SSSR count). The third kappa shape index (κ3) is 4.36. The van der Waals surface area contributed by atoms with Gasteiger partial charge in [-0.05, 0) is 34.3 Å². The third-order valence-electron chi connectivity index (χ3n) is 3.12. The minimum Gasteiger partial charge on any atom is -0.467 e. The van der Waals surface area contributed by atoms with Gasteiger partial charge in [0.2, 0.25) is 0 Å². The number of hydrogen-bond donors (Lipinski definition) is 0. The number of methoxy groups -OCH3 is 1. The van der Waals surface area contributed by atoms with Crippen molar-refractivity contribution in [2.45, 2.75) is 6.18 Å². The summed E-state index contributed by atoms with van der Waals surface area (Å²) >= 11 is 3.24. The van der Waals surface area contributed by atoms with E-state index in [1.165, 1.54) is 13.2 Å². The highest BCUT2D eigenvalue weighted by Gasteiger charge is 2.31. The summed E-state index contributed by atoms with van der Waals surface area (Å²) in [7, 11) is 1.45. The van der Waals surface area contributed by atoms with E-state index in [0.29, 0.717) is 16.9 Å². The van der Waals surface area contributed by atoms with E-state index in [-0.39, 0.29) is 6.79 Å². The summed E-state index contributed by atoms with van der Waals surface area (Å²) in [4.78, 5) is 1.58. The van der Waals surface area contributed by atoms with Crippen LogP contribution < -0.4 is 4.74 Å². The Kier molecular flexibility index (Phi) is 5.85. The van der Waals surface area contributed by atoms with Crippen molar-refractivity contribution in [3.8, 4) is 5.75 Å². The Morgan fingerprint density at radius 2 is 1.83 bits per heavy atom. The van der Waals surface area contributed by atoms with Crippen LogP contribution in [0.15, 0.2) is 53.5 Å². The summed E-state index contributed by atoms with van der Waals surface area (Å²) in [5.74, 6) is 0.314. The summed E-state index contributed by atoms with van der Waals surface area (Å²) in [6.45, 7) is -0.0529. The first kappa shape index (κ1) is 17.6. The molecule has 0 saturated heterocycles. The Bertz CT molecular complexity index is 682. The molecule has 2 nitrogen and oxygen atoms in total. The van der Waals surface area contributed by atoms with E-state index in [4.69, 9.17) is 9.47 Å². The number of alkyl halides is 3. The fraction of sp³-hybridized carbons (Fsp3) is 0.176. The summed E-state index contributed by atoms with van der Waals surface area (Å²) in [6, 6.07) is 12.5. The zero-order valence-electron chi connectivity index (χ0n) is 12.2. The minimum atomic E-state index is -4.43. The smallest absolute Gasteiger partial charge is 0.416 e. The highest BCUT2D eigenvalue weighted by Crippen LogP contribution is 2.37. The fourth-order valence-corrected chi connectivity index (χ4v) is 2.57. The normalized spacial score (nSPS) is 12.3. The first-order chi connectivity index (χ1) is 11.0. The lowest BCUT2D eigenvalue weighted by molar-refractivity contribution is -0.137. The average Bonchev–Trinajstić information content (AvgIpc) is 2.54. The van der Waals surface area contributed by atoms with Gasteiger partial charge in [0.05, 0.1) is 5.56 Å². The van der Waals surface area contributed by atoms with E-state index in [1.54, 1.807) is 4.99 Å². The van der Waals surface area contributed by atoms with Crippen molar-refractivity contribution >= 4 is 21.5 Å². The Morgan fingerprint density at radius 1 is 1.13 bits per heavy atom. The highest BCUT2D eigenvalue weighted by atomic mass is 79.9. The van der Waals surface area contributed by atoms with Gasteiger partial charge in [-0.2, -0.15) is 13.2 Å². The first-order valence-electron chi connectivity index (χ1n) is 6.66. The number of rotatable bonds is 5. The molecule has 6 heteroatoms. The number of ether oxygens (including phenoxy) is 2. The van der Waals surface area contributed by atoms with E-state index in [9.17, 15) is 13.2 Å². The topological polar surface area (TPSA) is 18.5 Å². The van der Waals surface area contributed by atoms with Crippen LogP contribution in [0.4, 0.5) is 13.2 Å². The maximum absolute atomic E-state index is 13.0. The molecule has 0 aliphatic heterocycles. The van der Waals surface area contributed by atoms with Crippen molar-refractivity contribution in [3.05, 3.63) is 70.2 Å². The van der Waals surface area contributed by atoms with Crippen LogP contribution in [0, 0.1) is 0 Å². The van der Waals surface area contributed by atoms with Crippen molar-refractivity contribution in [2.75, 3.05) is 13.9 Å². The second kappa shape index (κ2) is 7.66. The maximum Gasteiger partial charge on any atom is 0.416 e. The molecular weight excluding hydrogens is 373 g/mol. The van der Waals surface area contributed by atoms with Crippen LogP contribution in [-0.4, -0.2) is 13.9 Å². The molecule has 0 amide bonds. The quantitative estimate of drug-likeness (QED) is 0.634. The van der Waals surface area contributed by atoms with Crippen LogP contribution in [0.1, 0.15) is 16.7 Å². The molecule has 0 aromatic heterocycles. The lowest BCUT2D eigenvalue weighted by Crippen LogP contribution is -2.08. The fourth-order valence-electron chi connectivity index (χ4n) is 2.06. The van der Waals surface area contributed by atoms with Gasteiger partial charge in [0.25, 0.3) is 0 Å². The van der Waals surface area contributed by atoms with E-state index < -0.39 is 11.7 Å². The molecule has 0 fully saturated rings. The van der Waals surface area contributed by atoms with Gasteiger partial charge in [-0.3, -0.25) is 0 Å². The standard InChI is InChI=1S/C17H14BrF3O2/c1-22-11-23-16-8-7-13(17(19,20)21)9-14(16)15(10-18)12-5-3-2-4-6-12/h2-10H,11H2,1H3. The molecular formula is C17H14BrF3O2. The van der Waals surface area contributed by atoms with Crippen molar-refractivity contribution in [3.63, 3.8) is 0 Å². The summed E-state index contributed by atoms with van der Waals surface area (Å²) in [5, 5.41) is 0. The third-order valence-corrected chi connectivity index (χ3v) is 3.58. The molecule has 0 N–H and O–H groups in total. The number of benzene rings is 2. The van der Waals surface area contributed by atoms with Gasteiger partial charge in [-0.1, -0.05) is 46.3 Å². The van der Waals surface area contributed by atoms with Crippen molar-refractivity contribution in [1.82, 2.24) is 0 Å². The zero-order chi connectivity index (χ0) is 16.9. The van der Waals surface area contributed by atoms with E-state index >= 15 is 0 Å². The number of halogens is 4. The molecule has 0 aliphatic rings. The van der Waals surface area contributed by atoms with Gasteiger partial charge < -0.3 is 9.47 Å². The van der Waals surface area contributed by atoms with Crippen molar-refractivity contribution < 1.29 is 22.6 Å². The second-order valence-corrected chi connectivity index (χ2v) is 5.11. The molecule has 2 aromatic rings. The van der Waals surface area contributed by atoms with Crippen LogP contribution in [0.5, 0.6) is 5.75 Å². The van der Waals surface area contributed by atoms with Gasteiger partial charge in [0.1, 0.15) is 5.75 Å². The van der Waals surface area contributed by atoms with Crippen LogP contribution >= 0.6 is 15.9 Å². The molecule has 0 unspecified atom stereocenters. The molecule has 2 aromatic carbocycles. The molecule has 0 heterocycles. The SMILES string of the molecule is COCOc1ccc(C(F)(F)F)cc1C(=CBr)c1ccccc1. The lowest BCUT2D eigenvalue weighted by Gasteiger charge is -2.16. The van der Waals surface area contributed by atoms with Crippen LogP contribution in [0.3, 0.4) is 0 Å². The van der Waals surface area contributed by atoms with E-state index in [1.807, 2.05) is 30.3 Å². The van der Waals surface area contributed by atoms with E-state index in [0.717, 1.165) is 17.7 Å². The van der Waals surface area contributed by atoms with Crippen LogP contribution in [-0.2, 0) is 10.9 Å². The zero-order valence-corrected chi connectivity index (χ0v) is 13.8. The highest BCUT2D eigenvalue weighted by molar-refractivity contribution is 9.11. The molecule has 0 atom stereocenters. The van der Waals surface area contributed by atoms with Gasteiger partial charge in [0, 0.05) is 12.7 Å². The minimum absolute atomic E-state index is 0.0529. The Hall–Kier alpha value is -1.79. The molecule has 0 saturated carbocycles. The largest absolute Gasteiger partial charge is 0.467 e. The Balaban J connectivity index is 2.56.